The molecule has 0 bridgehead atoms. The largest absolute Gasteiger partial charge is 0.497 e. The van der Waals surface area contributed by atoms with Crippen LogP contribution in [0.2, 0.25) is 0 Å². The van der Waals surface area contributed by atoms with E-state index in [-0.39, 0.29) is 11.7 Å². The van der Waals surface area contributed by atoms with Crippen LogP contribution >= 0.6 is 0 Å². The second kappa shape index (κ2) is 10.8. The van der Waals surface area contributed by atoms with E-state index in [1.54, 1.807) is 44.2 Å². The minimum absolute atomic E-state index is 0.0804. The highest BCUT2D eigenvalue weighted by atomic mass is 32.2. The first kappa shape index (κ1) is 27.2. The Morgan fingerprint density at radius 2 is 1.68 bits per heavy atom. The molecule has 200 valence electrons. The summed E-state index contributed by atoms with van der Waals surface area (Å²) in [5.74, 6) is -1.61. The van der Waals surface area contributed by atoms with Crippen LogP contribution in [0.25, 0.3) is 11.0 Å². The van der Waals surface area contributed by atoms with E-state index in [1.165, 1.54) is 32.4 Å². The molecule has 3 aromatic rings. The molecule has 0 spiro atoms. The maximum absolute atomic E-state index is 13.8. The zero-order valence-corrected chi connectivity index (χ0v) is 22.3. The molecule has 0 aliphatic heterocycles. The van der Waals surface area contributed by atoms with Crippen LogP contribution in [0.1, 0.15) is 35.9 Å². The first-order valence-corrected chi connectivity index (χ1v) is 13.5. The van der Waals surface area contributed by atoms with Gasteiger partial charge < -0.3 is 19.2 Å². The molecule has 1 aliphatic rings. The molecule has 1 aliphatic carbocycles. The van der Waals surface area contributed by atoms with Crippen LogP contribution < -0.4 is 14.8 Å². The van der Waals surface area contributed by atoms with E-state index in [4.69, 9.17) is 13.9 Å². The fraction of sp³-hybridized carbons (Fsp3) is 0.286. The van der Waals surface area contributed by atoms with Crippen molar-refractivity contribution in [2.75, 3.05) is 14.2 Å². The third-order valence-corrected chi connectivity index (χ3v) is 8.22. The molecule has 10 heteroatoms. The summed E-state index contributed by atoms with van der Waals surface area (Å²) < 4.78 is 45.8. The van der Waals surface area contributed by atoms with Gasteiger partial charge in [0.1, 0.15) is 17.4 Å². The summed E-state index contributed by atoms with van der Waals surface area (Å²) in [7, 11) is -1.70. The van der Waals surface area contributed by atoms with Crippen LogP contribution in [0.3, 0.4) is 0 Å². The third-order valence-electron chi connectivity index (χ3n) is 6.39. The van der Waals surface area contributed by atoms with Crippen LogP contribution in [0, 0.1) is 5.92 Å². The molecule has 2 aromatic carbocycles. The first-order valence-electron chi connectivity index (χ1n) is 12.0. The van der Waals surface area contributed by atoms with Crippen LogP contribution in [-0.2, 0) is 19.6 Å². The van der Waals surface area contributed by atoms with Crippen molar-refractivity contribution in [1.29, 1.82) is 0 Å². The number of hydrogen-bond donors (Lipinski definition) is 2. The summed E-state index contributed by atoms with van der Waals surface area (Å²) in [6, 6.07) is 14.9. The fourth-order valence-electron chi connectivity index (χ4n) is 4.19. The lowest BCUT2D eigenvalue weighted by molar-refractivity contribution is -0.143. The molecule has 4 rings (SSSR count). The topological polar surface area (TPSA) is 124 Å². The summed E-state index contributed by atoms with van der Waals surface area (Å²) >= 11 is 0. The summed E-state index contributed by atoms with van der Waals surface area (Å²) in [6.07, 6.45) is 6.21. The molecule has 38 heavy (non-hydrogen) atoms. The van der Waals surface area contributed by atoms with Gasteiger partial charge in [0.2, 0.25) is 10.0 Å². The first-order chi connectivity index (χ1) is 18.1. The van der Waals surface area contributed by atoms with E-state index in [0.29, 0.717) is 16.7 Å². The van der Waals surface area contributed by atoms with Crippen molar-refractivity contribution < 1.29 is 31.9 Å². The molecular formula is C28H30N2O7S. The number of ether oxygens (including phenoxy) is 2. The number of amides is 1. The molecular weight excluding hydrogens is 508 g/mol. The maximum atomic E-state index is 13.8. The number of benzene rings is 2. The average Bonchev–Trinajstić information content (AvgIpc) is 3.35. The third kappa shape index (κ3) is 5.36. The van der Waals surface area contributed by atoms with Gasteiger partial charge in [-0.1, -0.05) is 56.3 Å². The Balaban J connectivity index is 1.71. The lowest BCUT2D eigenvalue weighted by atomic mass is 9.93. The highest BCUT2D eigenvalue weighted by molar-refractivity contribution is 7.91. The number of allylic oxidation sites excluding steroid dienone is 2. The summed E-state index contributed by atoms with van der Waals surface area (Å²) in [4.78, 5) is 23.7. The predicted molar refractivity (Wildman–Crippen MR) is 143 cm³/mol. The molecule has 1 atom stereocenters. The van der Waals surface area contributed by atoms with E-state index >= 15 is 0 Å². The predicted octanol–water partition coefficient (Wildman–Crippen LogP) is 3.89. The van der Waals surface area contributed by atoms with Crippen molar-refractivity contribution in [3.05, 3.63) is 90.2 Å². The molecule has 0 saturated carbocycles. The Bertz CT molecular complexity index is 1480. The fourth-order valence-corrected chi connectivity index (χ4v) is 5.83. The molecule has 1 amide bonds. The number of sulfonamides is 1. The Labute approximate surface area is 221 Å². The SMILES string of the molecule is COC(=O)[C@@H](NS(=O)(=O)C1(NC(=O)c2cc3cc(OC)ccc3o2)C=CC(c2ccccc2)C=C1)C(C)C. The smallest absolute Gasteiger partial charge is 0.324 e. The lowest BCUT2D eigenvalue weighted by Gasteiger charge is -2.33. The van der Waals surface area contributed by atoms with E-state index in [9.17, 15) is 18.0 Å². The molecule has 0 radical (unpaired) electrons. The lowest BCUT2D eigenvalue weighted by Crippen LogP contribution is -2.60. The minimum atomic E-state index is -4.41. The van der Waals surface area contributed by atoms with Gasteiger partial charge in [0, 0.05) is 11.3 Å². The molecule has 1 heterocycles. The van der Waals surface area contributed by atoms with Gasteiger partial charge in [-0.2, -0.15) is 4.72 Å². The summed E-state index contributed by atoms with van der Waals surface area (Å²) in [6.45, 7) is 3.38. The number of furan rings is 1. The zero-order chi connectivity index (χ0) is 27.5. The summed E-state index contributed by atoms with van der Waals surface area (Å²) in [5.41, 5.74) is 1.39. The van der Waals surface area contributed by atoms with Crippen LogP contribution in [0.15, 0.2) is 83.3 Å². The van der Waals surface area contributed by atoms with Crippen molar-refractivity contribution in [2.24, 2.45) is 5.92 Å². The number of rotatable bonds is 9. The summed E-state index contributed by atoms with van der Waals surface area (Å²) in [5, 5.41) is 3.23. The molecule has 2 N–H and O–H groups in total. The second-order valence-corrected chi connectivity index (χ2v) is 11.2. The Kier molecular flexibility index (Phi) is 7.75. The standard InChI is InChI=1S/C28H30N2O7S/c1-18(2)25(27(32)36-4)30-38(33,34)28(14-12-20(13-15-28)19-8-6-5-7-9-19)29-26(31)24-17-21-16-22(35-3)10-11-23(21)37-24/h5-18,20,25,30H,1-4H3,(H,29,31)/t20?,25-,28?/m0/s1. The monoisotopic (exact) mass is 538 g/mol. The van der Waals surface area contributed by atoms with Gasteiger partial charge in [0.25, 0.3) is 5.91 Å². The van der Waals surface area contributed by atoms with Gasteiger partial charge in [0.05, 0.1) is 14.2 Å². The number of fused-ring (bicyclic) bond motifs is 1. The van der Waals surface area contributed by atoms with E-state index < -0.39 is 38.7 Å². The Hall–Kier alpha value is -3.89. The average molecular weight is 539 g/mol. The van der Waals surface area contributed by atoms with Gasteiger partial charge in [-0.05, 0) is 47.9 Å². The highest BCUT2D eigenvalue weighted by Gasteiger charge is 2.45. The second-order valence-electron chi connectivity index (χ2n) is 9.28. The Morgan fingerprint density at radius 1 is 1.00 bits per heavy atom. The van der Waals surface area contributed by atoms with Crippen LogP contribution in [-0.4, -0.2) is 45.4 Å². The number of esters is 1. The normalized spacial score (nSPS) is 19.9. The van der Waals surface area contributed by atoms with Crippen LogP contribution in [0.5, 0.6) is 5.75 Å². The molecule has 0 saturated heterocycles. The van der Waals surface area contributed by atoms with Gasteiger partial charge in [-0.15, -0.1) is 0 Å². The molecule has 1 aromatic heterocycles. The minimum Gasteiger partial charge on any atom is -0.497 e. The highest BCUT2D eigenvalue weighted by Crippen LogP contribution is 2.31. The van der Waals surface area contributed by atoms with E-state index in [0.717, 1.165) is 5.56 Å². The molecule has 0 unspecified atom stereocenters. The van der Waals surface area contributed by atoms with Gasteiger partial charge in [-0.25, -0.2) is 8.42 Å². The number of carbonyl (C=O) groups is 2. The van der Waals surface area contributed by atoms with E-state index in [2.05, 4.69) is 10.0 Å². The van der Waals surface area contributed by atoms with Crippen molar-refractivity contribution in [3.63, 3.8) is 0 Å². The number of nitrogens with one attached hydrogen (secondary N) is 2. The van der Waals surface area contributed by atoms with E-state index in [1.807, 2.05) is 30.3 Å². The molecule has 0 fully saturated rings. The molecule has 9 nitrogen and oxygen atoms in total. The van der Waals surface area contributed by atoms with Gasteiger partial charge in [-0.3, -0.25) is 9.59 Å². The van der Waals surface area contributed by atoms with Crippen LogP contribution in [0.4, 0.5) is 0 Å². The van der Waals surface area contributed by atoms with Crippen molar-refractivity contribution in [3.8, 4) is 5.75 Å². The van der Waals surface area contributed by atoms with Crippen molar-refractivity contribution in [2.45, 2.75) is 30.7 Å². The van der Waals surface area contributed by atoms with Crippen molar-refractivity contribution >= 4 is 32.9 Å². The van der Waals surface area contributed by atoms with Gasteiger partial charge in [0.15, 0.2) is 10.6 Å². The quantitative estimate of drug-likeness (QED) is 0.313. The number of carbonyl (C=O) groups excluding carboxylic acids is 2. The van der Waals surface area contributed by atoms with Crippen molar-refractivity contribution in [1.82, 2.24) is 10.0 Å². The number of methoxy groups -OCH3 is 2. The van der Waals surface area contributed by atoms with Gasteiger partial charge >= 0.3 is 5.97 Å². The zero-order valence-electron chi connectivity index (χ0n) is 21.5. The maximum Gasteiger partial charge on any atom is 0.324 e. The number of hydrogen-bond acceptors (Lipinski definition) is 7. The Morgan fingerprint density at radius 3 is 2.29 bits per heavy atom.